The van der Waals surface area contributed by atoms with Crippen molar-refractivity contribution in [3.05, 3.63) is 45.8 Å². The molecule has 3 rings (SSSR count). The van der Waals surface area contributed by atoms with Gasteiger partial charge in [-0.05, 0) is 59.8 Å². The number of amides is 1. The minimum absolute atomic E-state index is 0.0893. The van der Waals surface area contributed by atoms with Crippen molar-refractivity contribution >= 4 is 21.8 Å². The van der Waals surface area contributed by atoms with E-state index in [-0.39, 0.29) is 12.5 Å². The van der Waals surface area contributed by atoms with E-state index in [2.05, 4.69) is 26.4 Å². The second-order valence-corrected chi connectivity index (χ2v) is 7.03. The minimum atomic E-state index is -0.0893. The molecule has 3 N–H and O–H groups in total. The van der Waals surface area contributed by atoms with Crippen molar-refractivity contribution in [1.29, 1.82) is 0 Å². The van der Waals surface area contributed by atoms with Gasteiger partial charge < -0.3 is 20.3 Å². The zero-order valence-corrected chi connectivity index (χ0v) is 15.0. The lowest BCUT2D eigenvalue weighted by atomic mass is 9.81. The van der Waals surface area contributed by atoms with Crippen LogP contribution < -0.4 is 15.8 Å². The zero-order chi connectivity index (χ0) is 17.1. The number of benzene rings is 1. The molecule has 1 aliphatic carbocycles. The van der Waals surface area contributed by atoms with Crippen molar-refractivity contribution in [2.24, 2.45) is 11.7 Å². The van der Waals surface area contributed by atoms with E-state index in [1.807, 2.05) is 13.0 Å². The maximum absolute atomic E-state index is 12.2. The number of hydrogen-bond acceptors (Lipinski definition) is 5. The minimum Gasteiger partial charge on any atom is -0.484 e. The monoisotopic (exact) mass is 393 g/mol. The molecule has 0 bridgehead atoms. The smallest absolute Gasteiger partial charge is 0.251 e. The second kappa shape index (κ2) is 7.36. The number of carbonyl (C=O) groups excluding carboxylic acids is 1. The fraction of sp³-hybridized carbons (Fsp3) is 0.412. The first-order valence-electron chi connectivity index (χ1n) is 7.89. The highest BCUT2D eigenvalue weighted by Gasteiger charge is 2.26. The van der Waals surface area contributed by atoms with Gasteiger partial charge >= 0.3 is 0 Å². The van der Waals surface area contributed by atoms with Crippen LogP contribution in [0, 0.1) is 12.8 Å². The number of aryl methyl sites for hydroxylation is 1. The Kier molecular flexibility index (Phi) is 5.20. The Morgan fingerprint density at radius 3 is 2.88 bits per heavy atom. The lowest BCUT2D eigenvalue weighted by Crippen LogP contribution is -2.42. The van der Waals surface area contributed by atoms with Gasteiger partial charge in [0, 0.05) is 24.2 Å². The molecule has 0 atom stereocenters. The van der Waals surface area contributed by atoms with Crippen molar-refractivity contribution in [3.63, 3.8) is 0 Å². The van der Waals surface area contributed by atoms with E-state index in [0.717, 1.165) is 23.0 Å². The number of ether oxygens (including phenoxy) is 1. The first-order chi connectivity index (χ1) is 11.5. The van der Waals surface area contributed by atoms with Gasteiger partial charge in [0.05, 0.1) is 10.2 Å². The van der Waals surface area contributed by atoms with Crippen molar-refractivity contribution < 1.29 is 14.1 Å². The maximum Gasteiger partial charge on any atom is 0.251 e. The summed E-state index contributed by atoms with van der Waals surface area (Å²) in [5, 5.41) is 6.76. The third-order valence-corrected chi connectivity index (χ3v) is 4.68. The van der Waals surface area contributed by atoms with E-state index >= 15 is 0 Å². The van der Waals surface area contributed by atoms with Crippen LogP contribution in [0.2, 0.25) is 0 Å². The fourth-order valence-corrected chi connectivity index (χ4v) is 3.18. The molecule has 1 saturated carbocycles. The van der Waals surface area contributed by atoms with Crippen molar-refractivity contribution in [2.75, 3.05) is 6.54 Å². The first-order valence-corrected chi connectivity index (χ1v) is 8.69. The average Bonchev–Trinajstić information content (AvgIpc) is 2.94. The molecule has 1 fully saturated rings. The van der Waals surface area contributed by atoms with Crippen molar-refractivity contribution in [3.8, 4) is 5.75 Å². The van der Waals surface area contributed by atoms with Crippen molar-refractivity contribution in [2.45, 2.75) is 32.4 Å². The molecule has 24 heavy (non-hydrogen) atoms. The molecular formula is C17H20BrN3O3. The highest BCUT2D eigenvalue weighted by molar-refractivity contribution is 9.10. The fourth-order valence-electron chi connectivity index (χ4n) is 2.69. The molecule has 1 amide bonds. The van der Waals surface area contributed by atoms with E-state index in [0.29, 0.717) is 35.6 Å². The Labute approximate surface area is 148 Å². The summed E-state index contributed by atoms with van der Waals surface area (Å²) in [5.74, 6) is 1.71. The molecule has 0 saturated heterocycles. The lowest BCUT2D eigenvalue weighted by molar-refractivity contribution is 0.0935. The molecule has 6 nitrogen and oxygen atoms in total. The van der Waals surface area contributed by atoms with Crippen LogP contribution in [-0.2, 0) is 6.61 Å². The number of rotatable bonds is 6. The van der Waals surface area contributed by atoms with Gasteiger partial charge in [-0.3, -0.25) is 4.79 Å². The van der Waals surface area contributed by atoms with E-state index in [1.54, 1.807) is 18.2 Å². The Morgan fingerprint density at radius 1 is 1.46 bits per heavy atom. The van der Waals surface area contributed by atoms with Gasteiger partial charge in [-0.25, -0.2) is 0 Å². The predicted molar refractivity (Wildman–Crippen MR) is 92.7 cm³/mol. The summed E-state index contributed by atoms with van der Waals surface area (Å²) in [6.45, 7) is 2.81. The van der Waals surface area contributed by atoms with Gasteiger partial charge in [0.25, 0.3) is 5.91 Å². The van der Waals surface area contributed by atoms with Crippen LogP contribution >= 0.6 is 15.9 Å². The molecule has 1 aromatic carbocycles. The molecule has 7 heteroatoms. The lowest BCUT2D eigenvalue weighted by Gasteiger charge is -2.32. The van der Waals surface area contributed by atoms with E-state index in [1.165, 1.54) is 0 Å². The topological polar surface area (TPSA) is 90.4 Å². The Bertz CT molecular complexity index is 726. The third-order valence-electron chi connectivity index (χ3n) is 4.06. The quantitative estimate of drug-likeness (QED) is 0.787. The van der Waals surface area contributed by atoms with Gasteiger partial charge in [0.1, 0.15) is 12.4 Å². The summed E-state index contributed by atoms with van der Waals surface area (Å²) < 4.78 is 11.5. The summed E-state index contributed by atoms with van der Waals surface area (Å²) >= 11 is 3.44. The zero-order valence-electron chi connectivity index (χ0n) is 13.4. The highest BCUT2D eigenvalue weighted by atomic mass is 79.9. The molecule has 2 aromatic rings. The summed E-state index contributed by atoms with van der Waals surface area (Å²) in [6, 6.07) is 7.38. The normalized spacial score (nSPS) is 19.6. The van der Waals surface area contributed by atoms with E-state index < -0.39 is 0 Å². The molecule has 1 aliphatic rings. The Hall–Kier alpha value is -1.86. The van der Waals surface area contributed by atoms with Crippen LogP contribution in [0.3, 0.4) is 0 Å². The van der Waals surface area contributed by atoms with Gasteiger partial charge in [0.2, 0.25) is 0 Å². The Balaban J connectivity index is 1.54. The number of aromatic nitrogens is 1. The van der Waals surface area contributed by atoms with Crippen LogP contribution in [0.1, 0.15) is 34.7 Å². The molecule has 128 valence electrons. The van der Waals surface area contributed by atoms with Gasteiger partial charge in [-0.1, -0.05) is 5.16 Å². The maximum atomic E-state index is 12.2. The van der Waals surface area contributed by atoms with Crippen LogP contribution in [0.15, 0.2) is 33.3 Å². The molecular weight excluding hydrogens is 374 g/mol. The van der Waals surface area contributed by atoms with Gasteiger partial charge in [-0.15, -0.1) is 0 Å². The largest absolute Gasteiger partial charge is 0.484 e. The van der Waals surface area contributed by atoms with Gasteiger partial charge in [0.15, 0.2) is 5.76 Å². The van der Waals surface area contributed by atoms with Crippen molar-refractivity contribution in [1.82, 2.24) is 10.5 Å². The van der Waals surface area contributed by atoms with E-state index in [9.17, 15) is 4.79 Å². The SMILES string of the molecule is Cc1cc(COc2ccc(C(=O)NCC3CC(N)C3)cc2Br)on1. The summed E-state index contributed by atoms with van der Waals surface area (Å²) in [5.41, 5.74) is 7.15. The average molecular weight is 394 g/mol. The molecule has 0 aliphatic heterocycles. The summed E-state index contributed by atoms with van der Waals surface area (Å²) in [6.07, 6.45) is 1.97. The molecule has 0 unspecified atom stereocenters. The standard InChI is InChI=1S/C17H20BrN3O3/c1-10-4-14(24-21-10)9-23-16-3-2-12(7-15(16)18)17(22)20-8-11-5-13(19)6-11/h2-4,7,11,13H,5-6,8-9,19H2,1H3,(H,20,22). The number of nitrogens with zero attached hydrogens (tertiary/aromatic N) is 1. The van der Waals surface area contributed by atoms with Crippen LogP contribution in [-0.4, -0.2) is 23.7 Å². The highest BCUT2D eigenvalue weighted by Crippen LogP contribution is 2.27. The van der Waals surface area contributed by atoms with Crippen LogP contribution in [0.4, 0.5) is 0 Å². The number of hydrogen-bond donors (Lipinski definition) is 2. The molecule has 1 heterocycles. The molecule has 0 radical (unpaired) electrons. The Morgan fingerprint density at radius 2 is 2.25 bits per heavy atom. The van der Waals surface area contributed by atoms with Gasteiger partial charge in [-0.2, -0.15) is 0 Å². The summed E-state index contributed by atoms with van der Waals surface area (Å²) in [7, 11) is 0. The second-order valence-electron chi connectivity index (χ2n) is 6.18. The van der Waals surface area contributed by atoms with E-state index in [4.69, 9.17) is 15.0 Å². The first kappa shape index (κ1) is 17.0. The number of carbonyl (C=O) groups is 1. The predicted octanol–water partition coefficient (Wildman–Crippen LogP) is 2.79. The third kappa shape index (κ3) is 4.15. The number of nitrogens with one attached hydrogen (secondary N) is 1. The number of halogens is 1. The number of nitrogens with two attached hydrogens (primary N) is 1. The van der Waals surface area contributed by atoms with Crippen LogP contribution in [0.25, 0.3) is 0 Å². The molecule has 0 spiro atoms. The van der Waals surface area contributed by atoms with Crippen LogP contribution in [0.5, 0.6) is 5.75 Å². The molecule has 1 aromatic heterocycles. The summed E-state index contributed by atoms with van der Waals surface area (Å²) in [4.78, 5) is 12.2.